The van der Waals surface area contributed by atoms with Crippen LogP contribution < -0.4 is 5.32 Å². The number of Topliss-reactive ketones (excluding diaryl/α,β-unsaturated/α-hetero) is 1. The maximum atomic E-state index is 14.0. The Balaban J connectivity index is 1.80. The largest absolute Gasteiger partial charge is 0.511 e. The maximum absolute atomic E-state index is 14.0. The third-order valence-corrected chi connectivity index (χ3v) is 7.47. The zero-order valence-corrected chi connectivity index (χ0v) is 21.1. The van der Waals surface area contributed by atoms with Crippen molar-refractivity contribution in [1.29, 1.82) is 0 Å². The van der Waals surface area contributed by atoms with E-state index >= 15 is 0 Å². The molecule has 0 amide bonds. The summed E-state index contributed by atoms with van der Waals surface area (Å²) < 4.78 is 0. The molecule has 4 aromatic rings. The Morgan fingerprint density at radius 1 is 0.861 bits per heavy atom. The van der Waals surface area contributed by atoms with Gasteiger partial charge < -0.3 is 10.4 Å². The van der Waals surface area contributed by atoms with Crippen molar-refractivity contribution in [3.8, 4) is 11.1 Å². The van der Waals surface area contributed by atoms with Crippen LogP contribution in [-0.2, 0) is 4.79 Å². The second kappa shape index (κ2) is 9.59. The van der Waals surface area contributed by atoms with Gasteiger partial charge >= 0.3 is 0 Å². The fourth-order valence-corrected chi connectivity index (χ4v) is 6.05. The van der Waals surface area contributed by atoms with Crippen LogP contribution in [0, 0.1) is 5.41 Å². The molecule has 36 heavy (non-hydrogen) atoms. The molecule has 0 bridgehead atoms. The molecule has 0 aliphatic heterocycles. The van der Waals surface area contributed by atoms with Crippen molar-refractivity contribution in [3.63, 3.8) is 0 Å². The zero-order chi connectivity index (χ0) is 25.3. The van der Waals surface area contributed by atoms with E-state index in [9.17, 15) is 14.7 Å². The van der Waals surface area contributed by atoms with Crippen molar-refractivity contribution in [2.24, 2.45) is 5.41 Å². The minimum atomic E-state index is -0.317. The van der Waals surface area contributed by atoms with E-state index in [2.05, 4.69) is 5.32 Å². The molecule has 1 aliphatic carbocycles. The van der Waals surface area contributed by atoms with Crippen LogP contribution in [0.4, 0.5) is 10.7 Å². The van der Waals surface area contributed by atoms with Crippen molar-refractivity contribution in [2.45, 2.75) is 26.7 Å². The number of nitrogens with one attached hydrogen (secondary N) is 1. The highest BCUT2D eigenvalue weighted by molar-refractivity contribution is 7.18. The lowest BCUT2D eigenvalue weighted by Gasteiger charge is -2.29. The van der Waals surface area contributed by atoms with Gasteiger partial charge in [0.2, 0.25) is 0 Å². The van der Waals surface area contributed by atoms with Crippen molar-refractivity contribution in [1.82, 2.24) is 0 Å². The molecule has 1 aliphatic rings. The maximum Gasteiger partial charge on any atom is 0.196 e. The predicted molar refractivity (Wildman–Crippen MR) is 147 cm³/mol. The molecule has 3 aromatic carbocycles. The Bertz CT molecular complexity index is 1450. The minimum Gasteiger partial charge on any atom is -0.511 e. The summed E-state index contributed by atoms with van der Waals surface area (Å²) >= 11 is 1.34. The number of aliphatic hydroxyl groups is 1. The van der Waals surface area contributed by atoms with Crippen LogP contribution in [-0.4, -0.2) is 16.7 Å². The van der Waals surface area contributed by atoms with Gasteiger partial charge in [0.1, 0.15) is 10.8 Å². The normalized spacial score (nSPS) is 15.1. The molecule has 0 spiro atoms. The fourth-order valence-electron chi connectivity index (χ4n) is 4.72. The standard InChI is InChI=1S/C31H27NO3S/c1-31(2)18-23(33)26(24(34)19-31)29-25(20-12-6-3-7-13-20)27(28(35)21-14-8-4-9-15-21)30(36-29)32-22-16-10-5-11-17-22/h3-17,32-33H,18-19H2,1-2H3. The molecule has 0 saturated carbocycles. The van der Waals surface area contributed by atoms with Gasteiger partial charge in [0.15, 0.2) is 11.6 Å². The first-order valence-electron chi connectivity index (χ1n) is 11.9. The van der Waals surface area contributed by atoms with Crippen molar-refractivity contribution in [2.75, 3.05) is 5.32 Å². The lowest BCUT2D eigenvalue weighted by molar-refractivity contribution is -0.116. The zero-order valence-electron chi connectivity index (χ0n) is 20.2. The van der Waals surface area contributed by atoms with Crippen LogP contribution in [0.25, 0.3) is 16.7 Å². The van der Waals surface area contributed by atoms with Crippen LogP contribution in [0.1, 0.15) is 47.5 Å². The van der Waals surface area contributed by atoms with Gasteiger partial charge in [-0.25, -0.2) is 0 Å². The number of allylic oxidation sites excluding steroid dienone is 2. The fraction of sp³-hybridized carbons (Fsp3) is 0.161. The summed E-state index contributed by atoms with van der Waals surface area (Å²) in [6.45, 7) is 3.97. The second-order valence-electron chi connectivity index (χ2n) is 9.83. The quantitative estimate of drug-likeness (QED) is 0.267. The molecular formula is C31H27NO3S. The Labute approximate surface area is 214 Å². The lowest BCUT2D eigenvalue weighted by Crippen LogP contribution is -2.25. The van der Waals surface area contributed by atoms with Crippen molar-refractivity contribution in [3.05, 3.63) is 113 Å². The van der Waals surface area contributed by atoms with Gasteiger partial charge in [-0.05, 0) is 23.1 Å². The molecule has 5 heteroatoms. The topological polar surface area (TPSA) is 66.4 Å². The number of hydrogen-bond acceptors (Lipinski definition) is 5. The number of carbonyl (C=O) groups is 2. The average molecular weight is 494 g/mol. The van der Waals surface area contributed by atoms with Crippen molar-refractivity contribution >= 4 is 39.2 Å². The van der Waals surface area contributed by atoms with E-state index in [1.807, 2.05) is 92.7 Å². The molecule has 180 valence electrons. The number of rotatable bonds is 6. The van der Waals surface area contributed by atoms with Gasteiger partial charge in [0.05, 0.1) is 16.0 Å². The Hall–Kier alpha value is -3.96. The molecule has 5 rings (SSSR count). The third kappa shape index (κ3) is 4.62. The summed E-state index contributed by atoms with van der Waals surface area (Å²) in [5.41, 5.74) is 3.38. The molecular weight excluding hydrogens is 466 g/mol. The number of carbonyl (C=O) groups excluding carboxylic acids is 2. The highest BCUT2D eigenvalue weighted by Gasteiger charge is 2.37. The summed E-state index contributed by atoms with van der Waals surface area (Å²) in [5.74, 6) is -0.161. The van der Waals surface area contributed by atoms with Crippen LogP contribution in [0.5, 0.6) is 0 Å². The third-order valence-electron chi connectivity index (χ3n) is 6.35. The first-order valence-corrected chi connectivity index (χ1v) is 12.8. The van der Waals surface area contributed by atoms with E-state index in [1.165, 1.54) is 11.3 Å². The Kier molecular flexibility index (Phi) is 6.33. The highest BCUT2D eigenvalue weighted by Crippen LogP contribution is 2.49. The first-order chi connectivity index (χ1) is 17.3. The number of para-hydroxylation sites is 1. The highest BCUT2D eigenvalue weighted by atomic mass is 32.1. The van der Waals surface area contributed by atoms with Crippen molar-refractivity contribution < 1.29 is 14.7 Å². The molecule has 0 unspecified atom stereocenters. The molecule has 0 atom stereocenters. The van der Waals surface area contributed by atoms with E-state index in [4.69, 9.17) is 0 Å². The van der Waals surface area contributed by atoms with Gasteiger partial charge in [0.25, 0.3) is 0 Å². The predicted octanol–water partition coefficient (Wildman–Crippen LogP) is 8.05. The minimum absolute atomic E-state index is 0.0830. The lowest BCUT2D eigenvalue weighted by atomic mass is 9.75. The van der Waals surface area contributed by atoms with Gasteiger partial charge in [-0.2, -0.15) is 0 Å². The first kappa shape index (κ1) is 23.8. The SMILES string of the molecule is CC1(C)CC(=O)C(c2sc(Nc3ccccc3)c(C(=O)c3ccccc3)c2-c2ccccc2)=C(O)C1. The number of ketones is 2. The molecule has 0 saturated heterocycles. The second-order valence-corrected chi connectivity index (χ2v) is 10.8. The molecule has 2 N–H and O–H groups in total. The molecule has 0 radical (unpaired) electrons. The van der Waals surface area contributed by atoms with Crippen LogP contribution >= 0.6 is 11.3 Å². The number of aliphatic hydroxyl groups excluding tert-OH is 1. The summed E-state index contributed by atoms with van der Waals surface area (Å²) in [7, 11) is 0. The average Bonchev–Trinajstić information content (AvgIpc) is 3.22. The molecule has 1 heterocycles. The number of anilines is 2. The monoisotopic (exact) mass is 493 g/mol. The summed E-state index contributed by atoms with van der Waals surface area (Å²) in [6.07, 6.45) is 0.742. The van der Waals surface area contributed by atoms with Gasteiger partial charge in [-0.1, -0.05) is 92.7 Å². The van der Waals surface area contributed by atoms with E-state index in [0.717, 1.165) is 11.3 Å². The summed E-state index contributed by atoms with van der Waals surface area (Å²) in [5, 5.41) is 15.2. The van der Waals surface area contributed by atoms with E-state index in [1.54, 1.807) is 12.1 Å². The van der Waals surface area contributed by atoms with Crippen LogP contribution in [0.2, 0.25) is 0 Å². The molecule has 1 aromatic heterocycles. The summed E-state index contributed by atoms with van der Waals surface area (Å²) in [4.78, 5) is 28.0. The Morgan fingerprint density at radius 2 is 1.44 bits per heavy atom. The van der Waals surface area contributed by atoms with Crippen LogP contribution in [0.3, 0.4) is 0 Å². The van der Waals surface area contributed by atoms with E-state index in [-0.39, 0.29) is 22.7 Å². The molecule has 0 fully saturated rings. The number of thiophene rings is 1. The van der Waals surface area contributed by atoms with Crippen LogP contribution in [0.15, 0.2) is 96.8 Å². The van der Waals surface area contributed by atoms with Gasteiger partial charge in [-0.3, -0.25) is 9.59 Å². The number of benzene rings is 3. The number of hydrogen-bond donors (Lipinski definition) is 2. The molecule has 4 nitrogen and oxygen atoms in total. The van der Waals surface area contributed by atoms with Gasteiger partial charge in [-0.15, -0.1) is 11.3 Å². The summed E-state index contributed by atoms with van der Waals surface area (Å²) in [6, 6.07) is 28.4. The Morgan fingerprint density at radius 3 is 2.06 bits per heavy atom. The smallest absolute Gasteiger partial charge is 0.196 e. The van der Waals surface area contributed by atoms with E-state index < -0.39 is 0 Å². The van der Waals surface area contributed by atoms with E-state index in [0.29, 0.717) is 45.0 Å². The van der Waals surface area contributed by atoms with Gasteiger partial charge in [0, 0.05) is 29.7 Å².